The van der Waals surface area contributed by atoms with Gasteiger partial charge < -0.3 is 15.4 Å². The van der Waals surface area contributed by atoms with E-state index in [0.29, 0.717) is 6.61 Å². The largest absolute Gasteiger partial charge is 0.492 e. The van der Waals surface area contributed by atoms with E-state index in [4.69, 9.17) is 10.5 Å². The number of benzene rings is 1. The monoisotopic (exact) mass is 290 g/mol. The number of rotatable bonds is 4. The molecule has 116 valence electrons. The topological polar surface area (TPSA) is 55.6 Å². The van der Waals surface area contributed by atoms with Gasteiger partial charge in [-0.15, -0.1) is 0 Å². The Morgan fingerprint density at radius 2 is 1.95 bits per heavy atom. The van der Waals surface area contributed by atoms with E-state index in [0.717, 1.165) is 37.2 Å². The second kappa shape index (κ2) is 6.48. The number of hydrogen-bond acceptors (Lipinski definition) is 3. The van der Waals surface area contributed by atoms with E-state index in [1.807, 2.05) is 49.9 Å². The Kier molecular flexibility index (Phi) is 4.88. The second-order valence-corrected chi connectivity index (χ2v) is 6.57. The third kappa shape index (κ3) is 3.97. The highest BCUT2D eigenvalue weighted by molar-refractivity contribution is 5.82. The fraction of sp³-hybridized carbons (Fsp3) is 0.588. The zero-order valence-electron chi connectivity index (χ0n) is 13.3. The maximum absolute atomic E-state index is 12.6. The van der Waals surface area contributed by atoms with Crippen LogP contribution >= 0.6 is 0 Å². The van der Waals surface area contributed by atoms with Crippen LogP contribution in [0.25, 0.3) is 0 Å². The number of para-hydroxylation sites is 1. The van der Waals surface area contributed by atoms with Crippen LogP contribution in [0.5, 0.6) is 5.75 Å². The summed E-state index contributed by atoms with van der Waals surface area (Å²) in [5.74, 6) is 1.00. The van der Waals surface area contributed by atoms with E-state index >= 15 is 0 Å². The lowest BCUT2D eigenvalue weighted by molar-refractivity contribution is -0.143. The molecule has 4 heteroatoms. The average molecular weight is 290 g/mol. The normalized spacial score (nSPS) is 16.9. The Labute approximate surface area is 127 Å². The first-order chi connectivity index (χ1) is 9.90. The summed E-state index contributed by atoms with van der Waals surface area (Å²) < 4.78 is 5.86. The van der Waals surface area contributed by atoms with Gasteiger partial charge in [0.15, 0.2) is 0 Å². The number of carbonyl (C=O) groups is 1. The van der Waals surface area contributed by atoms with Gasteiger partial charge in [-0.2, -0.15) is 0 Å². The molecule has 4 nitrogen and oxygen atoms in total. The number of nitrogens with two attached hydrogens (primary N) is 1. The molecular weight excluding hydrogens is 264 g/mol. The molecule has 1 heterocycles. The molecule has 1 aromatic carbocycles. The number of amides is 1. The predicted octanol–water partition coefficient (Wildman–Crippen LogP) is 2.35. The molecule has 0 radical (unpaired) electrons. The fourth-order valence-electron chi connectivity index (χ4n) is 2.57. The van der Waals surface area contributed by atoms with Gasteiger partial charge in [0.25, 0.3) is 0 Å². The van der Waals surface area contributed by atoms with Crippen molar-refractivity contribution >= 4 is 5.91 Å². The van der Waals surface area contributed by atoms with E-state index in [9.17, 15) is 4.79 Å². The average Bonchev–Trinajstić information content (AvgIpc) is 2.46. The van der Waals surface area contributed by atoms with Crippen molar-refractivity contribution in [3.05, 3.63) is 29.8 Å². The Morgan fingerprint density at radius 3 is 2.57 bits per heavy atom. The molecule has 1 aliphatic rings. The summed E-state index contributed by atoms with van der Waals surface area (Å²) in [6.07, 6.45) is 1.78. The van der Waals surface area contributed by atoms with E-state index in [1.165, 1.54) is 0 Å². The number of nitrogens with zero attached hydrogens (tertiary/aromatic N) is 1. The highest BCUT2D eigenvalue weighted by Gasteiger charge is 2.34. The lowest BCUT2D eigenvalue weighted by atomic mass is 9.91. The SMILES string of the molecule is Cc1ccccc1OCC(C)(C)C(=O)N1CCC(N)CC1. The van der Waals surface area contributed by atoms with E-state index < -0.39 is 5.41 Å². The van der Waals surface area contributed by atoms with Crippen molar-refractivity contribution in [2.24, 2.45) is 11.1 Å². The van der Waals surface area contributed by atoms with Crippen LogP contribution in [0.4, 0.5) is 0 Å². The maximum Gasteiger partial charge on any atom is 0.231 e. The zero-order valence-corrected chi connectivity index (χ0v) is 13.3. The molecule has 0 spiro atoms. The molecule has 2 N–H and O–H groups in total. The molecule has 1 saturated heterocycles. The van der Waals surface area contributed by atoms with Gasteiger partial charge in [0.1, 0.15) is 12.4 Å². The van der Waals surface area contributed by atoms with Crippen LogP contribution in [0.2, 0.25) is 0 Å². The molecule has 1 fully saturated rings. The molecule has 0 atom stereocenters. The highest BCUT2D eigenvalue weighted by Crippen LogP contribution is 2.25. The van der Waals surface area contributed by atoms with Crippen molar-refractivity contribution < 1.29 is 9.53 Å². The first-order valence-corrected chi connectivity index (χ1v) is 7.63. The van der Waals surface area contributed by atoms with Gasteiger partial charge >= 0.3 is 0 Å². The summed E-state index contributed by atoms with van der Waals surface area (Å²) in [4.78, 5) is 14.6. The molecule has 0 aliphatic carbocycles. The van der Waals surface area contributed by atoms with Crippen molar-refractivity contribution in [2.45, 2.75) is 39.7 Å². The number of piperidine rings is 1. The fourth-order valence-corrected chi connectivity index (χ4v) is 2.57. The van der Waals surface area contributed by atoms with Crippen LogP contribution in [-0.4, -0.2) is 36.5 Å². The Hall–Kier alpha value is -1.55. The van der Waals surface area contributed by atoms with Crippen LogP contribution in [0.1, 0.15) is 32.3 Å². The second-order valence-electron chi connectivity index (χ2n) is 6.57. The number of carbonyl (C=O) groups excluding carboxylic acids is 1. The molecule has 0 unspecified atom stereocenters. The molecule has 1 aliphatic heterocycles. The highest BCUT2D eigenvalue weighted by atomic mass is 16.5. The van der Waals surface area contributed by atoms with E-state index in [2.05, 4.69) is 0 Å². The van der Waals surface area contributed by atoms with Gasteiger partial charge in [-0.1, -0.05) is 18.2 Å². The molecular formula is C17H26N2O2. The van der Waals surface area contributed by atoms with Crippen molar-refractivity contribution in [3.8, 4) is 5.75 Å². The molecule has 1 aromatic rings. The summed E-state index contributed by atoms with van der Waals surface area (Å²) in [6, 6.07) is 8.12. The van der Waals surface area contributed by atoms with Gasteiger partial charge in [-0.05, 0) is 45.2 Å². The van der Waals surface area contributed by atoms with Crippen LogP contribution in [0, 0.1) is 12.3 Å². The van der Waals surface area contributed by atoms with Gasteiger partial charge in [0.05, 0.1) is 5.41 Å². The summed E-state index contributed by atoms with van der Waals surface area (Å²) in [6.45, 7) is 7.81. The Balaban J connectivity index is 1.94. The van der Waals surface area contributed by atoms with Crippen LogP contribution < -0.4 is 10.5 Å². The van der Waals surface area contributed by atoms with Crippen LogP contribution in [-0.2, 0) is 4.79 Å². The first kappa shape index (κ1) is 15.8. The minimum atomic E-state index is -0.524. The van der Waals surface area contributed by atoms with Crippen LogP contribution in [0.15, 0.2) is 24.3 Å². The lowest BCUT2D eigenvalue weighted by Crippen LogP contribution is -2.49. The lowest BCUT2D eigenvalue weighted by Gasteiger charge is -2.36. The zero-order chi connectivity index (χ0) is 15.5. The maximum atomic E-state index is 12.6. The Morgan fingerprint density at radius 1 is 1.33 bits per heavy atom. The van der Waals surface area contributed by atoms with Gasteiger partial charge in [-0.25, -0.2) is 0 Å². The van der Waals surface area contributed by atoms with Gasteiger partial charge in [0.2, 0.25) is 5.91 Å². The molecule has 0 aromatic heterocycles. The number of ether oxygens (including phenoxy) is 1. The number of likely N-dealkylation sites (tertiary alicyclic amines) is 1. The van der Waals surface area contributed by atoms with E-state index in [1.54, 1.807) is 0 Å². The smallest absolute Gasteiger partial charge is 0.231 e. The van der Waals surface area contributed by atoms with Gasteiger partial charge in [-0.3, -0.25) is 4.79 Å². The summed E-state index contributed by atoms with van der Waals surface area (Å²) in [5.41, 5.74) is 6.46. The van der Waals surface area contributed by atoms with Crippen molar-refractivity contribution in [1.29, 1.82) is 0 Å². The summed E-state index contributed by atoms with van der Waals surface area (Å²) in [5, 5.41) is 0. The molecule has 0 bridgehead atoms. The Bertz CT molecular complexity index is 491. The number of aryl methyl sites for hydroxylation is 1. The molecule has 1 amide bonds. The predicted molar refractivity (Wildman–Crippen MR) is 84.2 cm³/mol. The first-order valence-electron chi connectivity index (χ1n) is 7.63. The standard InChI is InChI=1S/C17H26N2O2/c1-13-6-4-5-7-15(13)21-12-17(2,3)16(20)19-10-8-14(18)9-11-19/h4-7,14H,8-12,18H2,1-3H3. The van der Waals surface area contributed by atoms with Crippen molar-refractivity contribution in [1.82, 2.24) is 4.90 Å². The minimum Gasteiger partial charge on any atom is -0.492 e. The van der Waals surface area contributed by atoms with Crippen LogP contribution in [0.3, 0.4) is 0 Å². The van der Waals surface area contributed by atoms with Gasteiger partial charge in [0, 0.05) is 19.1 Å². The van der Waals surface area contributed by atoms with E-state index in [-0.39, 0.29) is 11.9 Å². The number of hydrogen-bond donors (Lipinski definition) is 1. The molecule has 2 rings (SSSR count). The van der Waals surface area contributed by atoms with Crippen molar-refractivity contribution in [3.63, 3.8) is 0 Å². The van der Waals surface area contributed by atoms with Crippen molar-refractivity contribution in [2.75, 3.05) is 19.7 Å². The summed E-state index contributed by atoms with van der Waals surface area (Å²) in [7, 11) is 0. The minimum absolute atomic E-state index is 0.156. The quantitative estimate of drug-likeness (QED) is 0.926. The molecule has 0 saturated carbocycles. The third-order valence-electron chi connectivity index (χ3n) is 4.09. The third-order valence-corrected chi connectivity index (χ3v) is 4.09. The summed E-state index contributed by atoms with van der Waals surface area (Å²) >= 11 is 0. The molecule has 21 heavy (non-hydrogen) atoms.